The highest BCUT2D eigenvalue weighted by atomic mass is 32.1. The van der Waals surface area contributed by atoms with Crippen LogP contribution in [0.1, 0.15) is 37.6 Å². The van der Waals surface area contributed by atoms with E-state index in [1.807, 2.05) is 11.4 Å². The van der Waals surface area contributed by atoms with Crippen molar-refractivity contribution >= 4 is 11.3 Å². The van der Waals surface area contributed by atoms with Gasteiger partial charge in [0, 0.05) is 29.5 Å². The number of nitrogens with zero attached hydrogens (tertiary/aromatic N) is 1. The van der Waals surface area contributed by atoms with Crippen molar-refractivity contribution in [3.05, 3.63) is 21.9 Å². The molecule has 1 atom stereocenters. The standard InChI is InChI=1S/C13H20N2OS/c1-13(2,3)12(4-5-16)15-8-11-6-10(7-14)9-17-11/h6,9,12,15-16H,4-5,8H2,1-3H3. The topological polar surface area (TPSA) is 56.0 Å². The van der Waals surface area contributed by atoms with Gasteiger partial charge in [-0.25, -0.2) is 0 Å². The first-order valence-corrected chi connectivity index (χ1v) is 6.67. The SMILES string of the molecule is CC(C)(C)C(CCO)NCc1cc(C#N)cs1. The lowest BCUT2D eigenvalue weighted by Crippen LogP contribution is -2.40. The van der Waals surface area contributed by atoms with Crippen molar-refractivity contribution in [1.82, 2.24) is 5.32 Å². The Morgan fingerprint density at radius 1 is 1.53 bits per heavy atom. The Labute approximate surface area is 107 Å². The van der Waals surface area contributed by atoms with E-state index in [9.17, 15) is 0 Å². The van der Waals surface area contributed by atoms with Crippen LogP contribution in [0.5, 0.6) is 0 Å². The van der Waals surface area contributed by atoms with Crippen molar-refractivity contribution in [1.29, 1.82) is 5.26 Å². The van der Waals surface area contributed by atoms with Crippen LogP contribution in [0, 0.1) is 16.7 Å². The van der Waals surface area contributed by atoms with Crippen molar-refractivity contribution in [3.63, 3.8) is 0 Å². The van der Waals surface area contributed by atoms with Gasteiger partial charge in [-0.3, -0.25) is 0 Å². The normalized spacial score (nSPS) is 13.4. The third-order valence-corrected chi connectivity index (χ3v) is 3.71. The summed E-state index contributed by atoms with van der Waals surface area (Å²) in [7, 11) is 0. The van der Waals surface area contributed by atoms with E-state index < -0.39 is 0 Å². The zero-order valence-corrected chi connectivity index (χ0v) is 11.5. The van der Waals surface area contributed by atoms with Crippen LogP contribution >= 0.6 is 11.3 Å². The van der Waals surface area contributed by atoms with Crippen LogP contribution in [-0.2, 0) is 6.54 Å². The van der Waals surface area contributed by atoms with Crippen LogP contribution < -0.4 is 5.32 Å². The Balaban J connectivity index is 2.55. The van der Waals surface area contributed by atoms with Gasteiger partial charge in [0.05, 0.1) is 5.56 Å². The number of aliphatic hydroxyl groups excluding tert-OH is 1. The molecule has 4 heteroatoms. The Morgan fingerprint density at radius 3 is 2.71 bits per heavy atom. The molecule has 1 aromatic rings. The summed E-state index contributed by atoms with van der Waals surface area (Å²) in [4.78, 5) is 1.16. The Bertz CT molecular complexity index is 387. The summed E-state index contributed by atoms with van der Waals surface area (Å²) in [5.41, 5.74) is 0.846. The molecule has 0 amide bonds. The maximum absolute atomic E-state index is 9.06. The highest BCUT2D eigenvalue weighted by Crippen LogP contribution is 2.22. The highest BCUT2D eigenvalue weighted by Gasteiger charge is 2.23. The maximum atomic E-state index is 9.06. The van der Waals surface area contributed by atoms with Gasteiger partial charge in [-0.1, -0.05) is 20.8 Å². The molecule has 0 aliphatic heterocycles. The predicted molar refractivity (Wildman–Crippen MR) is 70.8 cm³/mol. The summed E-state index contributed by atoms with van der Waals surface area (Å²) >= 11 is 1.60. The van der Waals surface area contributed by atoms with E-state index in [4.69, 9.17) is 10.4 Å². The molecule has 2 N–H and O–H groups in total. The minimum Gasteiger partial charge on any atom is -0.396 e. The Hall–Kier alpha value is -0.890. The van der Waals surface area contributed by atoms with E-state index in [1.54, 1.807) is 11.3 Å². The average Bonchev–Trinajstić information content (AvgIpc) is 2.70. The number of rotatable bonds is 5. The summed E-state index contributed by atoms with van der Waals surface area (Å²) < 4.78 is 0. The van der Waals surface area contributed by atoms with E-state index in [-0.39, 0.29) is 18.1 Å². The van der Waals surface area contributed by atoms with E-state index in [0.717, 1.165) is 23.4 Å². The Kier molecular flexibility index (Phi) is 5.13. The molecule has 0 saturated carbocycles. The minimum absolute atomic E-state index is 0.123. The van der Waals surface area contributed by atoms with Crippen molar-refractivity contribution in [2.24, 2.45) is 5.41 Å². The first-order valence-electron chi connectivity index (χ1n) is 5.79. The molecule has 1 heterocycles. The maximum Gasteiger partial charge on any atom is 0.100 e. The quantitative estimate of drug-likeness (QED) is 0.846. The van der Waals surface area contributed by atoms with Gasteiger partial charge in [-0.15, -0.1) is 11.3 Å². The molecule has 0 aromatic carbocycles. The number of hydrogen-bond acceptors (Lipinski definition) is 4. The van der Waals surface area contributed by atoms with Crippen molar-refractivity contribution in [3.8, 4) is 6.07 Å². The summed E-state index contributed by atoms with van der Waals surface area (Å²) in [6.07, 6.45) is 0.750. The molecular formula is C13H20N2OS. The van der Waals surface area contributed by atoms with Crippen LogP contribution in [0.25, 0.3) is 0 Å². The van der Waals surface area contributed by atoms with Gasteiger partial charge >= 0.3 is 0 Å². The van der Waals surface area contributed by atoms with Gasteiger partial charge in [0.15, 0.2) is 0 Å². The second kappa shape index (κ2) is 6.15. The van der Waals surface area contributed by atoms with Gasteiger partial charge in [-0.05, 0) is 17.9 Å². The van der Waals surface area contributed by atoms with Crippen LogP contribution in [0.4, 0.5) is 0 Å². The molecule has 1 rings (SSSR count). The Morgan fingerprint density at radius 2 is 2.24 bits per heavy atom. The third kappa shape index (κ3) is 4.47. The number of aliphatic hydroxyl groups is 1. The van der Waals surface area contributed by atoms with Gasteiger partial charge in [0.1, 0.15) is 6.07 Å². The summed E-state index contributed by atoms with van der Waals surface area (Å²) in [5, 5.41) is 23.1. The van der Waals surface area contributed by atoms with E-state index in [2.05, 4.69) is 32.2 Å². The minimum atomic E-state index is 0.123. The molecule has 0 bridgehead atoms. The molecule has 1 aromatic heterocycles. The van der Waals surface area contributed by atoms with Crippen molar-refractivity contribution in [2.45, 2.75) is 39.8 Å². The molecule has 3 nitrogen and oxygen atoms in total. The molecule has 0 aliphatic carbocycles. The summed E-state index contributed by atoms with van der Waals surface area (Å²) in [5.74, 6) is 0. The second-order valence-corrected chi connectivity index (χ2v) is 6.22. The van der Waals surface area contributed by atoms with Crippen LogP contribution in [0.3, 0.4) is 0 Å². The zero-order valence-electron chi connectivity index (χ0n) is 10.7. The van der Waals surface area contributed by atoms with Crippen molar-refractivity contribution < 1.29 is 5.11 Å². The van der Waals surface area contributed by atoms with E-state index >= 15 is 0 Å². The van der Waals surface area contributed by atoms with Crippen LogP contribution in [-0.4, -0.2) is 17.8 Å². The second-order valence-electron chi connectivity index (χ2n) is 5.23. The molecular weight excluding hydrogens is 232 g/mol. The van der Waals surface area contributed by atoms with E-state index in [1.165, 1.54) is 0 Å². The zero-order chi connectivity index (χ0) is 12.9. The number of nitriles is 1. The fourth-order valence-electron chi connectivity index (χ4n) is 1.73. The lowest BCUT2D eigenvalue weighted by molar-refractivity contribution is 0.197. The number of thiophene rings is 1. The van der Waals surface area contributed by atoms with Gasteiger partial charge < -0.3 is 10.4 Å². The van der Waals surface area contributed by atoms with Gasteiger partial charge in [0.2, 0.25) is 0 Å². The molecule has 0 aliphatic rings. The fourth-order valence-corrected chi connectivity index (χ4v) is 2.49. The van der Waals surface area contributed by atoms with Crippen molar-refractivity contribution in [2.75, 3.05) is 6.61 Å². The molecule has 0 radical (unpaired) electrons. The average molecular weight is 252 g/mol. The van der Waals surface area contributed by atoms with Gasteiger partial charge in [-0.2, -0.15) is 5.26 Å². The first-order chi connectivity index (χ1) is 7.97. The fraction of sp³-hybridized carbons (Fsp3) is 0.615. The number of nitrogens with one attached hydrogen (secondary N) is 1. The smallest absolute Gasteiger partial charge is 0.100 e. The largest absolute Gasteiger partial charge is 0.396 e. The molecule has 0 fully saturated rings. The molecule has 94 valence electrons. The first kappa shape index (κ1) is 14.2. The lowest BCUT2D eigenvalue weighted by atomic mass is 9.85. The lowest BCUT2D eigenvalue weighted by Gasteiger charge is -2.31. The van der Waals surface area contributed by atoms with E-state index in [0.29, 0.717) is 0 Å². The summed E-state index contributed by atoms with van der Waals surface area (Å²) in [6.45, 7) is 7.44. The third-order valence-electron chi connectivity index (χ3n) is 2.77. The monoisotopic (exact) mass is 252 g/mol. The molecule has 1 unspecified atom stereocenters. The predicted octanol–water partition coefficient (Wildman–Crippen LogP) is 2.51. The highest BCUT2D eigenvalue weighted by molar-refractivity contribution is 7.10. The van der Waals surface area contributed by atoms with Gasteiger partial charge in [0.25, 0.3) is 0 Å². The van der Waals surface area contributed by atoms with Crippen LogP contribution in [0.15, 0.2) is 11.4 Å². The van der Waals surface area contributed by atoms with Crippen LogP contribution in [0.2, 0.25) is 0 Å². The molecule has 0 spiro atoms. The summed E-state index contributed by atoms with van der Waals surface area (Å²) in [6, 6.07) is 4.32. The number of hydrogen-bond donors (Lipinski definition) is 2. The molecule has 0 saturated heterocycles. The molecule has 17 heavy (non-hydrogen) atoms.